The number of hydrogen-bond acceptors (Lipinski definition) is 10. The van der Waals surface area contributed by atoms with E-state index in [-0.39, 0.29) is 25.0 Å². The third-order valence-corrected chi connectivity index (χ3v) is 10.2. The average Bonchev–Trinajstić information content (AvgIpc) is 3.89. The zero-order valence-electron chi connectivity index (χ0n) is 26.9. The van der Waals surface area contributed by atoms with Gasteiger partial charge in [0.15, 0.2) is 6.35 Å². The summed E-state index contributed by atoms with van der Waals surface area (Å²) in [4.78, 5) is 37.2. The first-order valence-electron chi connectivity index (χ1n) is 17.0. The molecular weight excluding hydrogens is 591 g/mol. The van der Waals surface area contributed by atoms with Crippen molar-refractivity contribution in [2.24, 2.45) is 16.3 Å². The summed E-state index contributed by atoms with van der Waals surface area (Å²) in [6.45, 7) is 6.30. The summed E-state index contributed by atoms with van der Waals surface area (Å²) in [5.74, 6) is -0.448. The highest BCUT2D eigenvalue weighted by atomic mass is 19.1. The second-order valence-electron chi connectivity index (χ2n) is 13.6. The lowest BCUT2D eigenvalue weighted by atomic mass is 9.97. The molecule has 6 rings (SSSR count). The van der Waals surface area contributed by atoms with Crippen LogP contribution in [0.15, 0.2) is 52.8 Å². The second kappa shape index (κ2) is 14.8. The molecule has 0 aromatic carbocycles. The number of piperazine rings is 1. The Hall–Kier alpha value is -3.06. The molecular formula is C34H49FN6O5. The number of amides is 1. The van der Waals surface area contributed by atoms with E-state index in [9.17, 15) is 14.7 Å². The SMILES string of the molecule is CN1CCN(C2CCN(C(O)NC3=CC(OC4=CCC(NC(=O)C5(C(=O)OCC6C=CCCC6)CC5)C(F)=C4)CC=N3)CC2)CC1. The molecule has 4 atom stereocenters. The van der Waals surface area contributed by atoms with Crippen LogP contribution in [0.5, 0.6) is 0 Å². The predicted molar refractivity (Wildman–Crippen MR) is 172 cm³/mol. The number of aliphatic imine (C=N–C) groups is 1. The molecule has 0 spiro atoms. The largest absolute Gasteiger partial charge is 0.486 e. The fourth-order valence-electron chi connectivity index (χ4n) is 6.93. The molecule has 3 heterocycles. The van der Waals surface area contributed by atoms with Crippen LogP contribution in [0.4, 0.5) is 4.39 Å². The highest BCUT2D eigenvalue weighted by molar-refractivity contribution is 6.05. The number of aliphatic hydroxyl groups is 1. The van der Waals surface area contributed by atoms with E-state index in [1.165, 1.54) is 6.08 Å². The Bertz CT molecular complexity index is 1260. The van der Waals surface area contributed by atoms with E-state index in [1.54, 1.807) is 18.4 Å². The first kappa shape index (κ1) is 32.9. The second-order valence-corrected chi connectivity index (χ2v) is 13.6. The molecule has 0 radical (unpaired) electrons. The van der Waals surface area contributed by atoms with Gasteiger partial charge in [0.05, 0.1) is 12.6 Å². The fourth-order valence-corrected chi connectivity index (χ4v) is 6.93. The summed E-state index contributed by atoms with van der Waals surface area (Å²) in [5.41, 5.74) is -1.21. The van der Waals surface area contributed by atoms with Crippen LogP contribution in [0.3, 0.4) is 0 Å². The number of allylic oxidation sites excluding steroid dienone is 2. The van der Waals surface area contributed by atoms with E-state index in [0.29, 0.717) is 36.9 Å². The van der Waals surface area contributed by atoms with Crippen molar-refractivity contribution >= 4 is 18.1 Å². The standard InChI is InChI=1S/C34H49FN6O5/c1-39-17-19-40(20-18-39)25-10-15-41(16-11-25)33(44)38-30-22-27(9-14-36-30)46-26-7-8-29(28(35)21-26)37-31(42)34(12-13-34)32(43)45-23-24-5-3-2-4-6-24/h3,5,7,14,21-22,24-25,27,29,33,38,44H,2,4,6,8-13,15-20,23H2,1H3,(H,37,42). The molecule has 46 heavy (non-hydrogen) atoms. The maximum Gasteiger partial charge on any atom is 0.321 e. The highest BCUT2D eigenvalue weighted by Gasteiger charge is 2.58. The lowest BCUT2D eigenvalue weighted by molar-refractivity contribution is -0.155. The van der Waals surface area contributed by atoms with Crippen LogP contribution in [0, 0.1) is 11.3 Å². The molecule has 1 amide bonds. The molecule has 0 bridgehead atoms. The van der Waals surface area contributed by atoms with Gasteiger partial charge in [-0.3, -0.25) is 19.4 Å². The zero-order valence-corrected chi connectivity index (χ0v) is 26.9. The molecule has 3 aliphatic heterocycles. The number of hydrogen-bond donors (Lipinski definition) is 3. The Balaban J connectivity index is 0.940. The van der Waals surface area contributed by atoms with Crippen LogP contribution < -0.4 is 10.6 Å². The smallest absolute Gasteiger partial charge is 0.321 e. The van der Waals surface area contributed by atoms with Gasteiger partial charge in [-0.2, -0.15) is 0 Å². The molecule has 1 saturated carbocycles. The van der Waals surface area contributed by atoms with Gasteiger partial charge in [-0.15, -0.1) is 0 Å². The summed E-state index contributed by atoms with van der Waals surface area (Å²) >= 11 is 0. The van der Waals surface area contributed by atoms with Gasteiger partial charge in [0, 0.05) is 69.9 Å². The van der Waals surface area contributed by atoms with Crippen LogP contribution in [0.1, 0.15) is 57.8 Å². The molecule has 4 unspecified atom stereocenters. The lowest BCUT2D eigenvalue weighted by Gasteiger charge is -2.43. The minimum absolute atomic E-state index is 0.191. The Morgan fingerprint density at radius 2 is 1.91 bits per heavy atom. The number of aliphatic hydroxyl groups excluding tert-OH is 1. The van der Waals surface area contributed by atoms with E-state index >= 15 is 4.39 Å². The van der Waals surface area contributed by atoms with Crippen molar-refractivity contribution in [3.8, 4) is 0 Å². The van der Waals surface area contributed by atoms with Crippen molar-refractivity contribution < 1.29 is 28.6 Å². The van der Waals surface area contributed by atoms with Gasteiger partial charge >= 0.3 is 5.97 Å². The van der Waals surface area contributed by atoms with Crippen LogP contribution >= 0.6 is 0 Å². The van der Waals surface area contributed by atoms with E-state index in [0.717, 1.165) is 71.4 Å². The third-order valence-electron chi connectivity index (χ3n) is 10.2. The number of ether oxygens (including phenoxy) is 2. The summed E-state index contributed by atoms with van der Waals surface area (Å²) in [5, 5.41) is 16.7. The predicted octanol–water partition coefficient (Wildman–Crippen LogP) is 2.57. The minimum atomic E-state index is -1.21. The number of halogens is 1. The van der Waals surface area contributed by atoms with Crippen molar-refractivity contribution in [3.05, 3.63) is 47.8 Å². The topological polar surface area (TPSA) is 119 Å². The van der Waals surface area contributed by atoms with Crippen LogP contribution in [-0.2, 0) is 19.1 Å². The first-order chi connectivity index (χ1) is 22.3. The van der Waals surface area contributed by atoms with E-state index in [2.05, 4.69) is 44.6 Å². The molecule has 252 valence electrons. The van der Waals surface area contributed by atoms with Gasteiger partial charge in [-0.05, 0) is 70.6 Å². The maximum absolute atomic E-state index is 15.1. The van der Waals surface area contributed by atoms with E-state index < -0.39 is 35.5 Å². The monoisotopic (exact) mass is 640 g/mol. The Morgan fingerprint density at radius 3 is 2.61 bits per heavy atom. The molecule has 11 nitrogen and oxygen atoms in total. The number of rotatable bonds is 11. The molecule has 0 aromatic rings. The summed E-state index contributed by atoms with van der Waals surface area (Å²) in [6.07, 6.45) is 16.1. The summed E-state index contributed by atoms with van der Waals surface area (Å²) in [6, 6.07) is -0.297. The van der Waals surface area contributed by atoms with Crippen molar-refractivity contribution in [1.29, 1.82) is 0 Å². The van der Waals surface area contributed by atoms with Crippen LogP contribution in [0.2, 0.25) is 0 Å². The number of likely N-dealkylation sites (N-methyl/N-ethyl adjacent to an activating group) is 1. The van der Waals surface area contributed by atoms with E-state index in [1.807, 2.05) is 4.90 Å². The van der Waals surface area contributed by atoms with Crippen molar-refractivity contribution in [2.45, 2.75) is 82.3 Å². The Labute approximate surface area is 271 Å². The van der Waals surface area contributed by atoms with E-state index in [4.69, 9.17) is 9.47 Å². The molecule has 3 N–H and O–H groups in total. The fraction of sp³-hybridized carbons (Fsp3) is 0.676. The molecule has 0 aromatic heterocycles. The molecule has 3 aliphatic carbocycles. The zero-order chi connectivity index (χ0) is 32.1. The minimum Gasteiger partial charge on any atom is -0.486 e. The first-order valence-corrected chi connectivity index (χ1v) is 17.0. The number of nitrogens with one attached hydrogen (secondary N) is 2. The maximum atomic E-state index is 15.1. The van der Waals surface area contributed by atoms with Crippen molar-refractivity contribution in [3.63, 3.8) is 0 Å². The van der Waals surface area contributed by atoms with Crippen LogP contribution in [0.25, 0.3) is 0 Å². The van der Waals surface area contributed by atoms with Gasteiger partial charge in [-0.25, -0.2) is 9.38 Å². The lowest BCUT2D eigenvalue weighted by Crippen LogP contribution is -2.55. The highest BCUT2D eigenvalue weighted by Crippen LogP contribution is 2.47. The molecule has 12 heteroatoms. The van der Waals surface area contributed by atoms with Gasteiger partial charge in [-0.1, -0.05) is 12.2 Å². The quantitative estimate of drug-likeness (QED) is 0.136. The number of piperidine rings is 1. The summed E-state index contributed by atoms with van der Waals surface area (Å²) < 4.78 is 26.7. The molecule has 3 fully saturated rings. The Kier molecular flexibility index (Phi) is 10.6. The van der Waals surface area contributed by atoms with Gasteiger partial charge < -0.3 is 30.1 Å². The third kappa shape index (κ3) is 8.07. The number of esters is 1. The number of likely N-dealkylation sites (tertiary alicyclic amines) is 1. The van der Waals surface area contributed by atoms with Gasteiger partial charge in [0.1, 0.15) is 28.9 Å². The van der Waals surface area contributed by atoms with Crippen molar-refractivity contribution in [2.75, 3.05) is 52.9 Å². The summed E-state index contributed by atoms with van der Waals surface area (Å²) in [7, 11) is 2.17. The Morgan fingerprint density at radius 1 is 1.13 bits per heavy atom. The molecule has 2 saturated heterocycles. The molecule has 6 aliphatic rings. The average molecular weight is 641 g/mol. The number of carbonyl (C=O) groups is 2. The normalized spacial score (nSPS) is 29.6. The van der Waals surface area contributed by atoms with Gasteiger partial charge in [0.2, 0.25) is 5.91 Å². The van der Waals surface area contributed by atoms with Crippen molar-refractivity contribution in [1.82, 2.24) is 25.3 Å². The number of nitrogens with zero attached hydrogens (tertiary/aromatic N) is 4. The van der Waals surface area contributed by atoms with Crippen LogP contribution in [-0.4, -0.2) is 115 Å². The number of carbonyl (C=O) groups excluding carboxylic acids is 2. The van der Waals surface area contributed by atoms with Gasteiger partial charge in [0.25, 0.3) is 0 Å².